The first kappa shape index (κ1) is 18.4. The van der Waals surface area contributed by atoms with Crippen LogP contribution in [-0.2, 0) is 14.3 Å². The van der Waals surface area contributed by atoms with E-state index in [-0.39, 0.29) is 17.9 Å². The maximum atomic E-state index is 12.9. The molecule has 0 aromatic carbocycles. The molecule has 0 spiro atoms. The molecule has 0 aliphatic heterocycles. The molecule has 2 N–H and O–H groups in total. The summed E-state index contributed by atoms with van der Waals surface area (Å²) in [5, 5.41) is 0. The molecular weight excluding hydrogens is 268 g/mol. The fourth-order valence-corrected chi connectivity index (χ4v) is 3.32. The number of hydrogen-bond donors (Lipinski definition) is 1. The number of carbonyl (C=O) groups excluding carboxylic acids is 1. The first-order valence-corrected chi connectivity index (χ1v) is 8.12. The van der Waals surface area contributed by atoms with Crippen LogP contribution in [0.3, 0.4) is 0 Å². The van der Waals surface area contributed by atoms with Crippen LogP contribution in [0.4, 0.5) is 0 Å². The first-order valence-electron chi connectivity index (χ1n) is 8.12. The molecule has 1 fully saturated rings. The van der Waals surface area contributed by atoms with E-state index in [1.54, 1.807) is 14.2 Å². The molecule has 21 heavy (non-hydrogen) atoms. The SMILES string of the molecule is COCCN(C(=O)C1CCCC(CCN)C1)C(C)COC. The van der Waals surface area contributed by atoms with E-state index in [0.29, 0.717) is 25.7 Å². The largest absolute Gasteiger partial charge is 0.383 e. The molecule has 1 amide bonds. The van der Waals surface area contributed by atoms with Crippen LogP contribution in [-0.4, -0.2) is 57.4 Å². The smallest absolute Gasteiger partial charge is 0.226 e. The zero-order valence-electron chi connectivity index (χ0n) is 13.8. The van der Waals surface area contributed by atoms with Gasteiger partial charge >= 0.3 is 0 Å². The number of hydrogen-bond acceptors (Lipinski definition) is 4. The van der Waals surface area contributed by atoms with Gasteiger partial charge in [-0.15, -0.1) is 0 Å². The second-order valence-electron chi connectivity index (χ2n) is 6.14. The van der Waals surface area contributed by atoms with Crippen LogP contribution in [0.15, 0.2) is 0 Å². The van der Waals surface area contributed by atoms with Crippen molar-refractivity contribution < 1.29 is 14.3 Å². The van der Waals surface area contributed by atoms with Crippen molar-refractivity contribution in [3.05, 3.63) is 0 Å². The van der Waals surface area contributed by atoms with Crippen LogP contribution < -0.4 is 5.73 Å². The molecule has 0 aromatic heterocycles. The fourth-order valence-electron chi connectivity index (χ4n) is 3.32. The van der Waals surface area contributed by atoms with E-state index < -0.39 is 0 Å². The summed E-state index contributed by atoms with van der Waals surface area (Å²) in [4.78, 5) is 14.8. The van der Waals surface area contributed by atoms with Gasteiger partial charge in [0.1, 0.15) is 0 Å². The Labute approximate surface area is 129 Å². The topological polar surface area (TPSA) is 64.8 Å². The van der Waals surface area contributed by atoms with Crippen LogP contribution in [0.25, 0.3) is 0 Å². The lowest BCUT2D eigenvalue weighted by molar-refractivity contribution is -0.141. The van der Waals surface area contributed by atoms with Gasteiger partial charge in [-0.1, -0.05) is 12.8 Å². The first-order chi connectivity index (χ1) is 10.1. The van der Waals surface area contributed by atoms with Gasteiger partial charge in [0.15, 0.2) is 0 Å². The van der Waals surface area contributed by atoms with Crippen molar-refractivity contribution in [3.8, 4) is 0 Å². The number of nitrogens with zero attached hydrogens (tertiary/aromatic N) is 1. The van der Waals surface area contributed by atoms with E-state index in [1.165, 1.54) is 6.42 Å². The van der Waals surface area contributed by atoms with Gasteiger partial charge in [-0.05, 0) is 38.6 Å². The molecule has 1 aliphatic carbocycles. The summed E-state index contributed by atoms with van der Waals surface area (Å²) in [6.07, 6.45) is 5.38. The van der Waals surface area contributed by atoms with Crippen LogP contribution in [0.5, 0.6) is 0 Å². The molecule has 0 radical (unpaired) electrons. The highest BCUT2D eigenvalue weighted by molar-refractivity contribution is 5.79. The minimum absolute atomic E-state index is 0.0903. The molecule has 0 saturated heterocycles. The molecule has 5 heteroatoms. The fraction of sp³-hybridized carbons (Fsp3) is 0.938. The summed E-state index contributed by atoms with van der Waals surface area (Å²) in [6, 6.07) is 0.0903. The van der Waals surface area contributed by atoms with Crippen molar-refractivity contribution in [3.63, 3.8) is 0 Å². The molecule has 0 bridgehead atoms. The van der Waals surface area contributed by atoms with Gasteiger partial charge in [0.05, 0.1) is 19.3 Å². The Kier molecular flexibility index (Phi) is 8.88. The third-order valence-electron chi connectivity index (χ3n) is 4.47. The predicted octanol–water partition coefficient (Wildman–Crippen LogP) is 1.65. The lowest BCUT2D eigenvalue weighted by Gasteiger charge is -2.35. The van der Waals surface area contributed by atoms with E-state index in [1.807, 2.05) is 11.8 Å². The van der Waals surface area contributed by atoms with Crippen LogP contribution in [0, 0.1) is 11.8 Å². The Balaban J connectivity index is 2.64. The third kappa shape index (κ3) is 5.93. The molecular formula is C16H32N2O3. The summed E-state index contributed by atoms with van der Waals surface area (Å²) in [5.74, 6) is 1.02. The zero-order valence-corrected chi connectivity index (χ0v) is 13.8. The number of carbonyl (C=O) groups is 1. The molecule has 1 saturated carbocycles. The van der Waals surface area contributed by atoms with Gasteiger partial charge in [-0.25, -0.2) is 0 Å². The highest BCUT2D eigenvalue weighted by atomic mass is 16.5. The molecule has 5 nitrogen and oxygen atoms in total. The molecule has 1 aliphatic rings. The second kappa shape index (κ2) is 10.1. The maximum Gasteiger partial charge on any atom is 0.226 e. The minimum atomic E-state index is 0.0903. The van der Waals surface area contributed by atoms with Gasteiger partial charge < -0.3 is 20.1 Å². The maximum absolute atomic E-state index is 12.9. The highest BCUT2D eigenvalue weighted by Crippen LogP contribution is 2.32. The van der Waals surface area contributed by atoms with Crippen molar-refractivity contribution >= 4 is 5.91 Å². The summed E-state index contributed by atoms with van der Waals surface area (Å²) >= 11 is 0. The molecule has 1 rings (SSSR count). The summed E-state index contributed by atoms with van der Waals surface area (Å²) in [5.41, 5.74) is 5.67. The Morgan fingerprint density at radius 1 is 1.33 bits per heavy atom. The van der Waals surface area contributed by atoms with Gasteiger partial charge in [0.25, 0.3) is 0 Å². The lowest BCUT2D eigenvalue weighted by atomic mass is 9.79. The average Bonchev–Trinajstić information content (AvgIpc) is 2.48. The Morgan fingerprint density at radius 3 is 2.71 bits per heavy atom. The van der Waals surface area contributed by atoms with Crippen molar-refractivity contribution in [2.45, 2.75) is 45.1 Å². The van der Waals surface area contributed by atoms with E-state index in [9.17, 15) is 4.79 Å². The van der Waals surface area contributed by atoms with Gasteiger partial charge in [-0.2, -0.15) is 0 Å². The van der Waals surface area contributed by atoms with Crippen LogP contribution >= 0.6 is 0 Å². The van der Waals surface area contributed by atoms with Crippen LogP contribution in [0.2, 0.25) is 0 Å². The number of ether oxygens (including phenoxy) is 2. The van der Waals surface area contributed by atoms with Crippen LogP contribution in [0.1, 0.15) is 39.0 Å². The van der Waals surface area contributed by atoms with E-state index in [4.69, 9.17) is 15.2 Å². The standard InChI is InChI=1S/C16H32N2O3/c1-13(12-21-3)18(9-10-20-2)16(19)15-6-4-5-14(11-15)7-8-17/h13-15H,4-12,17H2,1-3H3. The van der Waals surface area contributed by atoms with Crippen molar-refractivity contribution in [2.24, 2.45) is 17.6 Å². The lowest BCUT2D eigenvalue weighted by Crippen LogP contribution is -2.46. The van der Waals surface area contributed by atoms with Crippen molar-refractivity contribution in [2.75, 3.05) is 40.5 Å². The normalized spacial score (nSPS) is 23.8. The molecule has 3 unspecified atom stereocenters. The monoisotopic (exact) mass is 300 g/mol. The number of rotatable bonds is 9. The number of methoxy groups -OCH3 is 2. The van der Waals surface area contributed by atoms with Gasteiger partial charge in [-0.3, -0.25) is 4.79 Å². The Hall–Kier alpha value is -0.650. The van der Waals surface area contributed by atoms with Gasteiger partial charge in [0, 0.05) is 26.7 Å². The molecule has 0 aromatic rings. The average molecular weight is 300 g/mol. The van der Waals surface area contributed by atoms with E-state index in [0.717, 1.165) is 32.2 Å². The summed E-state index contributed by atoms with van der Waals surface area (Å²) in [6.45, 7) is 4.53. The molecule has 124 valence electrons. The van der Waals surface area contributed by atoms with E-state index >= 15 is 0 Å². The Morgan fingerprint density at radius 2 is 2.10 bits per heavy atom. The number of nitrogens with two attached hydrogens (primary N) is 1. The summed E-state index contributed by atoms with van der Waals surface area (Å²) < 4.78 is 10.4. The molecule has 0 heterocycles. The zero-order chi connectivity index (χ0) is 15.7. The predicted molar refractivity (Wildman–Crippen MR) is 84.0 cm³/mol. The Bertz CT molecular complexity index is 297. The quantitative estimate of drug-likeness (QED) is 0.703. The third-order valence-corrected chi connectivity index (χ3v) is 4.47. The van der Waals surface area contributed by atoms with Gasteiger partial charge in [0.2, 0.25) is 5.91 Å². The van der Waals surface area contributed by atoms with Crippen molar-refractivity contribution in [1.82, 2.24) is 4.90 Å². The second-order valence-corrected chi connectivity index (χ2v) is 6.14. The number of amides is 1. The minimum Gasteiger partial charge on any atom is -0.383 e. The van der Waals surface area contributed by atoms with Crippen molar-refractivity contribution in [1.29, 1.82) is 0 Å². The summed E-state index contributed by atoms with van der Waals surface area (Å²) in [7, 11) is 3.34. The van der Waals surface area contributed by atoms with E-state index in [2.05, 4.69) is 0 Å². The highest BCUT2D eigenvalue weighted by Gasteiger charge is 2.31. The molecule has 3 atom stereocenters.